The van der Waals surface area contributed by atoms with Crippen molar-refractivity contribution in [3.8, 4) is 33.8 Å². The van der Waals surface area contributed by atoms with Crippen LogP contribution in [-0.2, 0) is 0 Å². The normalized spacial score (nSPS) is 13.6. The number of rotatable bonds is 6. The third-order valence-corrected chi connectivity index (χ3v) is 7.52. The fraction of sp³-hybridized carbons (Fsp3) is 0.118. The van der Waals surface area contributed by atoms with Crippen molar-refractivity contribution >= 4 is 0 Å². The Morgan fingerprint density at radius 2 is 0.861 bits per heavy atom. The Morgan fingerprint density at radius 3 is 1.31 bits per heavy atom. The van der Waals surface area contributed by atoms with Crippen LogP contribution in [0.15, 0.2) is 115 Å². The average molecular weight is 466 g/mol. The molecule has 5 aromatic carbocycles. The SMILES string of the molecule is [c]1ccc(OCC2c3ccccc3-c3ccccc32)c(OCC2c3ccccc3-c3ccccc32)c1. The second-order valence-corrected chi connectivity index (χ2v) is 9.45. The van der Waals surface area contributed by atoms with Crippen molar-refractivity contribution in [3.63, 3.8) is 0 Å². The zero-order valence-electron chi connectivity index (χ0n) is 19.9. The third kappa shape index (κ3) is 3.41. The van der Waals surface area contributed by atoms with Gasteiger partial charge in [0.05, 0.1) is 13.2 Å². The molecule has 2 heteroatoms. The lowest BCUT2D eigenvalue weighted by atomic mass is 9.98. The van der Waals surface area contributed by atoms with Gasteiger partial charge in [-0.2, -0.15) is 0 Å². The molecular weight excluding hydrogens is 440 g/mol. The molecule has 2 aliphatic carbocycles. The first-order valence-electron chi connectivity index (χ1n) is 12.5. The molecule has 0 saturated heterocycles. The van der Waals surface area contributed by atoms with Gasteiger partial charge in [-0.05, 0) is 62.7 Å². The highest BCUT2D eigenvalue weighted by molar-refractivity contribution is 5.79. The zero-order valence-corrected chi connectivity index (χ0v) is 19.9. The lowest BCUT2D eigenvalue weighted by Gasteiger charge is -2.19. The first-order valence-corrected chi connectivity index (χ1v) is 12.5. The van der Waals surface area contributed by atoms with Crippen LogP contribution in [0, 0.1) is 6.07 Å². The molecule has 1 radical (unpaired) electrons. The van der Waals surface area contributed by atoms with Gasteiger partial charge in [-0.1, -0.05) is 103 Å². The summed E-state index contributed by atoms with van der Waals surface area (Å²) in [6.45, 7) is 1.11. The summed E-state index contributed by atoms with van der Waals surface area (Å²) in [5.74, 6) is 1.89. The molecular formula is C34H25O2. The van der Waals surface area contributed by atoms with Gasteiger partial charge in [0.15, 0.2) is 11.5 Å². The quantitative estimate of drug-likeness (QED) is 0.254. The van der Waals surface area contributed by atoms with E-state index >= 15 is 0 Å². The first-order chi connectivity index (χ1) is 17.9. The summed E-state index contributed by atoms with van der Waals surface area (Å²) in [5, 5.41) is 0. The molecule has 0 heterocycles. The number of ether oxygens (including phenoxy) is 2. The second kappa shape index (κ2) is 8.73. The zero-order chi connectivity index (χ0) is 23.9. The minimum Gasteiger partial charge on any atom is -0.489 e. The van der Waals surface area contributed by atoms with E-state index in [4.69, 9.17) is 9.47 Å². The maximum Gasteiger partial charge on any atom is 0.161 e. The highest BCUT2D eigenvalue weighted by Crippen LogP contribution is 2.46. The van der Waals surface area contributed by atoms with E-state index in [2.05, 4.69) is 103 Å². The molecule has 0 spiro atoms. The highest BCUT2D eigenvalue weighted by atomic mass is 16.5. The Kier molecular flexibility index (Phi) is 5.10. The highest BCUT2D eigenvalue weighted by Gasteiger charge is 2.30. The van der Waals surface area contributed by atoms with Gasteiger partial charge in [0.25, 0.3) is 0 Å². The largest absolute Gasteiger partial charge is 0.489 e. The molecule has 2 aliphatic rings. The molecule has 0 aromatic heterocycles. The van der Waals surface area contributed by atoms with Crippen molar-refractivity contribution in [3.05, 3.63) is 144 Å². The van der Waals surface area contributed by atoms with E-state index < -0.39 is 0 Å². The van der Waals surface area contributed by atoms with Crippen molar-refractivity contribution in [1.29, 1.82) is 0 Å². The van der Waals surface area contributed by atoms with Gasteiger partial charge in [0, 0.05) is 11.8 Å². The molecule has 0 amide bonds. The Labute approximate surface area is 211 Å². The number of hydrogen-bond acceptors (Lipinski definition) is 2. The van der Waals surface area contributed by atoms with Crippen molar-refractivity contribution < 1.29 is 9.47 Å². The minimum absolute atomic E-state index is 0.194. The van der Waals surface area contributed by atoms with Gasteiger partial charge in [-0.25, -0.2) is 0 Å². The van der Waals surface area contributed by atoms with E-state index in [1.54, 1.807) is 0 Å². The molecule has 0 atom stereocenters. The van der Waals surface area contributed by atoms with Crippen LogP contribution in [-0.4, -0.2) is 13.2 Å². The van der Waals surface area contributed by atoms with E-state index in [0.717, 1.165) is 11.5 Å². The lowest BCUT2D eigenvalue weighted by Crippen LogP contribution is -2.12. The van der Waals surface area contributed by atoms with Gasteiger partial charge < -0.3 is 9.47 Å². The molecule has 0 unspecified atom stereocenters. The van der Waals surface area contributed by atoms with E-state index in [1.807, 2.05) is 18.2 Å². The Bertz CT molecular complexity index is 1360. The predicted octanol–water partition coefficient (Wildman–Crippen LogP) is 7.87. The van der Waals surface area contributed by atoms with Crippen LogP contribution < -0.4 is 9.47 Å². The molecule has 36 heavy (non-hydrogen) atoms. The number of fused-ring (bicyclic) bond motifs is 6. The maximum atomic E-state index is 6.44. The molecule has 2 nitrogen and oxygen atoms in total. The van der Waals surface area contributed by atoms with Gasteiger partial charge in [0.2, 0.25) is 0 Å². The summed E-state index contributed by atoms with van der Waals surface area (Å²) in [5.41, 5.74) is 10.5. The molecule has 7 rings (SSSR count). The van der Waals surface area contributed by atoms with Crippen molar-refractivity contribution in [2.24, 2.45) is 0 Å². The van der Waals surface area contributed by atoms with Gasteiger partial charge >= 0.3 is 0 Å². The summed E-state index contributed by atoms with van der Waals surface area (Å²) < 4.78 is 12.9. The molecule has 0 aliphatic heterocycles. The first kappa shape index (κ1) is 21.0. The Morgan fingerprint density at radius 1 is 0.472 bits per heavy atom. The molecule has 5 aromatic rings. The fourth-order valence-electron chi connectivity index (χ4n) is 5.86. The summed E-state index contributed by atoms with van der Waals surface area (Å²) >= 11 is 0. The van der Waals surface area contributed by atoms with Crippen LogP contribution in [0.25, 0.3) is 22.3 Å². The third-order valence-electron chi connectivity index (χ3n) is 7.52. The van der Waals surface area contributed by atoms with Crippen LogP contribution in [0.2, 0.25) is 0 Å². The molecule has 0 fully saturated rings. The van der Waals surface area contributed by atoms with Crippen LogP contribution in [0.1, 0.15) is 34.1 Å². The summed E-state index contributed by atoms with van der Waals surface area (Å²) in [6.07, 6.45) is 0. The fourth-order valence-corrected chi connectivity index (χ4v) is 5.86. The monoisotopic (exact) mass is 465 g/mol. The minimum atomic E-state index is 0.194. The Hall–Kier alpha value is -4.30. The van der Waals surface area contributed by atoms with E-state index in [-0.39, 0.29) is 11.8 Å². The van der Waals surface area contributed by atoms with Crippen molar-refractivity contribution in [2.45, 2.75) is 11.8 Å². The molecule has 0 saturated carbocycles. The van der Waals surface area contributed by atoms with Crippen LogP contribution in [0.3, 0.4) is 0 Å². The van der Waals surface area contributed by atoms with Gasteiger partial charge in [-0.3, -0.25) is 0 Å². The molecule has 0 bridgehead atoms. The van der Waals surface area contributed by atoms with Crippen molar-refractivity contribution in [2.75, 3.05) is 13.2 Å². The van der Waals surface area contributed by atoms with Crippen molar-refractivity contribution in [1.82, 2.24) is 0 Å². The molecule has 173 valence electrons. The Balaban J connectivity index is 1.13. The standard InChI is InChI=1S/C34H25O2/c1-5-15-27-23(11-1)24-12-2-6-16-28(24)31(27)21-35-33-19-9-10-20-34(33)36-22-32-29-17-7-3-13-25(29)26-14-4-8-18-30(26)32/h1-9,11-20,31-32H,21-22H2. The summed E-state index contributed by atoms with van der Waals surface area (Å²) in [6, 6.07) is 43.5. The van der Waals surface area contributed by atoms with E-state index in [1.165, 1.54) is 44.5 Å². The molecule has 0 N–H and O–H groups in total. The second-order valence-electron chi connectivity index (χ2n) is 9.45. The summed E-state index contributed by atoms with van der Waals surface area (Å²) in [4.78, 5) is 0. The number of benzene rings is 5. The lowest BCUT2D eigenvalue weighted by molar-refractivity contribution is 0.258. The van der Waals surface area contributed by atoms with E-state index in [0.29, 0.717) is 13.2 Å². The average Bonchev–Trinajstić information content (AvgIpc) is 3.44. The van der Waals surface area contributed by atoms with E-state index in [9.17, 15) is 0 Å². The van der Waals surface area contributed by atoms with Crippen LogP contribution >= 0.6 is 0 Å². The topological polar surface area (TPSA) is 18.5 Å². The number of hydrogen-bond donors (Lipinski definition) is 0. The predicted molar refractivity (Wildman–Crippen MR) is 144 cm³/mol. The maximum absolute atomic E-state index is 6.44. The summed E-state index contributed by atoms with van der Waals surface area (Å²) in [7, 11) is 0. The van der Waals surface area contributed by atoms with Crippen LogP contribution in [0.4, 0.5) is 0 Å². The smallest absolute Gasteiger partial charge is 0.161 e. The van der Waals surface area contributed by atoms with Gasteiger partial charge in [0.1, 0.15) is 0 Å². The van der Waals surface area contributed by atoms with Gasteiger partial charge in [-0.15, -0.1) is 0 Å². The van der Waals surface area contributed by atoms with Crippen LogP contribution in [0.5, 0.6) is 11.5 Å².